The third kappa shape index (κ3) is 2.85. The van der Waals surface area contributed by atoms with Crippen LogP contribution < -0.4 is 0 Å². The van der Waals surface area contributed by atoms with Crippen LogP contribution in [0.15, 0.2) is 0 Å². The van der Waals surface area contributed by atoms with E-state index in [9.17, 15) is 8.42 Å². The number of thioether (sulfide) groups is 1. The first kappa shape index (κ1) is 12.3. The van der Waals surface area contributed by atoms with Crippen LogP contribution in [0.1, 0.15) is 6.92 Å². The predicted octanol–water partition coefficient (Wildman–Crippen LogP) is -0.212. The summed E-state index contributed by atoms with van der Waals surface area (Å²) < 4.78 is 23.4. The van der Waals surface area contributed by atoms with Gasteiger partial charge in [-0.2, -0.15) is 11.8 Å². The molecule has 4 nitrogen and oxygen atoms in total. The van der Waals surface area contributed by atoms with Crippen LogP contribution >= 0.6 is 11.8 Å². The van der Waals surface area contributed by atoms with Crippen LogP contribution in [-0.4, -0.2) is 60.8 Å². The lowest BCUT2D eigenvalue weighted by atomic mass is 10.5. The standard InChI is InChI=1S/C8H17NO3S2/c1-2-14(11,12)8-7-13-6-4-9(8)3-5-10/h8,10H,2-7H2,1H3. The number of aliphatic hydroxyl groups is 1. The highest BCUT2D eigenvalue weighted by molar-refractivity contribution is 8.01. The second kappa shape index (κ2) is 5.34. The molecule has 1 rings (SSSR count). The van der Waals surface area contributed by atoms with Gasteiger partial charge in [0.1, 0.15) is 5.37 Å². The summed E-state index contributed by atoms with van der Waals surface area (Å²) >= 11 is 1.67. The Kier molecular flexibility index (Phi) is 4.69. The molecule has 0 bridgehead atoms. The monoisotopic (exact) mass is 239 g/mol. The average Bonchev–Trinajstić information content (AvgIpc) is 2.19. The van der Waals surface area contributed by atoms with Gasteiger partial charge in [-0.3, -0.25) is 4.90 Å². The summed E-state index contributed by atoms with van der Waals surface area (Å²) in [5.74, 6) is 1.77. The molecule has 0 aromatic heterocycles. The number of aliphatic hydroxyl groups excluding tert-OH is 1. The van der Waals surface area contributed by atoms with E-state index >= 15 is 0 Å². The minimum atomic E-state index is -3.00. The lowest BCUT2D eigenvalue weighted by Gasteiger charge is -2.33. The van der Waals surface area contributed by atoms with Crippen molar-refractivity contribution in [2.24, 2.45) is 0 Å². The van der Waals surface area contributed by atoms with Crippen molar-refractivity contribution in [3.05, 3.63) is 0 Å². The summed E-state index contributed by atoms with van der Waals surface area (Å²) in [4.78, 5) is 1.87. The highest BCUT2D eigenvalue weighted by Gasteiger charge is 2.32. The average molecular weight is 239 g/mol. The molecule has 0 radical (unpaired) electrons. The van der Waals surface area contributed by atoms with Crippen molar-refractivity contribution < 1.29 is 13.5 Å². The second-order valence-electron chi connectivity index (χ2n) is 3.24. The first-order chi connectivity index (χ1) is 6.61. The van der Waals surface area contributed by atoms with E-state index in [1.807, 2.05) is 4.90 Å². The van der Waals surface area contributed by atoms with Crippen LogP contribution in [-0.2, 0) is 9.84 Å². The van der Waals surface area contributed by atoms with E-state index in [0.717, 1.165) is 12.3 Å². The zero-order chi connectivity index (χ0) is 10.6. The SMILES string of the molecule is CCS(=O)(=O)C1CSCCN1CCO. The molecule has 14 heavy (non-hydrogen) atoms. The van der Waals surface area contributed by atoms with Crippen LogP contribution in [0.3, 0.4) is 0 Å². The molecule has 0 aliphatic carbocycles. The van der Waals surface area contributed by atoms with Gasteiger partial charge in [-0.15, -0.1) is 0 Å². The van der Waals surface area contributed by atoms with Gasteiger partial charge in [-0.05, 0) is 0 Å². The quantitative estimate of drug-likeness (QED) is 0.735. The Morgan fingerprint density at radius 1 is 1.57 bits per heavy atom. The number of nitrogens with zero attached hydrogens (tertiary/aromatic N) is 1. The Morgan fingerprint density at radius 2 is 2.29 bits per heavy atom. The molecule has 1 N–H and O–H groups in total. The Hall–Kier alpha value is 0.220. The molecule has 0 spiro atoms. The van der Waals surface area contributed by atoms with Crippen LogP contribution in [0, 0.1) is 0 Å². The summed E-state index contributed by atoms with van der Waals surface area (Å²) in [5, 5.41) is 8.44. The minimum Gasteiger partial charge on any atom is -0.395 e. The van der Waals surface area contributed by atoms with Gasteiger partial charge in [0.05, 0.1) is 6.61 Å². The Balaban J connectivity index is 2.72. The van der Waals surface area contributed by atoms with Crippen molar-refractivity contribution in [3.8, 4) is 0 Å². The van der Waals surface area contributed by atoms with Crippen molar-refractivity contribution in [1.82, 2.24) is 4.90 Å². The molecular formula is C8H17NO3S2. The highest BCUT2D eigenvalue weighted by Crippen LogP contribution is 2.20. The van der Waals surface area contributed by atoms with Crippen LogP contribution in [0.4, 0.5) is 0 Å². The summed E-state index contributed by atoms with van der Waals surface area (Å²) in [6.07, 6.45) is 0. The molecule has 1 heterocycles. The summed E-state index contributed by atoms with van der Waals surface area (Å²) in [7, 11) is -3.00. The van der Waals surface area contributed by atoms with E-state index in [4.69, 9.17) is 5.11 Å². The number of rotatable bonds is 4. The van der Waals surface area contributed by atoms with Crippen molar-refractivity contribution in [2.45, 2.75) is 12.3 Å². The first-order valence-electron chi connectivity index (χ1n) is 4.76. The van der Waals surface area contributed by atoms with Crippen molar-refractivity contribution in [2.75, 3.05) is 37.0 Å². The predicted molar refractivity (Wildman–Crippen MR) is 59.2 cm³/mol. The molecule has 0 aromatic carbocycles. The van der Waals surface area contributed by atoms with E-state index in [2.05, 4.69) is 0 Å². The van der Waals surface area contributed by atoms with Crippen molar-refractivity contribution >= 4 is 21.6 Å². The third-order valence-corrected chi connectivity index (χ3v) is 5.73. The van der Waals surface area contributed by atoms with Gasteiger partial charge in [0.15, 0.2) is 9.84 Å². The normalized spacial score (nSPS) is 25.1. The number of hydrogen-bond acceptors (Lipinski definition) is 5. The summed E-state index contributed by atoms with van der Waals surface area (Å²) in [5.41, 5.74) is 0. The molecule has 1 aliphatic rings. The van der Waals surface area contributed by atoms with Gasteiger partial charge in [0.2, 0.25) is 0 Å². The maximum atomic E-state index is 11.7. The number of β-amino-alcohol motifs (C(OH)–C–C–N with tert-alkyl or cyclic N) is 1. The Morgan fingerprint density at radius 3 is 2.86 bits per heavy atom. The van der Waals surface area contributed by atoms with Crippen LogP contribution in [0.5, 0.6) is 0 Å². The largest absolute Gasteiger partial charge is 0.395 e. The lowest BCUT2D eigenvalue weighted by Crippen LogP contribution is -2.48. The fraction of sp³-hybridized carbons (Fsp3) is 1.00. The summed E-state index contributed by atoms with van der Waals surface area (Å²) in [6, 6.07) is 0. The minimum absolute atomic E-state index is 0.0282. The van der Waals surface area contributed by atoms with Gasteiger partial charge in [0.25, 0.3) is 0 Å². The van der Waals surface area contributed by atoms with Gasteiger partial charge < -0.3 is 5.11 Å². The molecule has 1 unspecified atom stereocenters. The van der Waals surface area contributed by atoms with Crippen molar-refractivity contribution in [3.63, 3.8) is 0 Å². The van der Waals surface area contributed by atoms with E-state index in [1.54, 1.807) is 18.7 Å². The van der Waals surface area contributed by atoms with Crippen molar-refractivity contribution in [1.29, 1.82) is 0 Å². The second-order valence-corrected chi connectivity index (χ2v) is 6.84. The zero-order valence-corrected chi connectivity index (χ0v) is 9.98. The topological polar surface area (TPSA) is 57.6 Å². The third-order valence-electron chi connectivity index (χ3n) is 2.39. The van der Waals surface area contributed by atoms with Gasteiger partial charge >= 0.3 is 0 Å². The molecule has 0 saturated carbocycles. The molecule has 6 heteroatoms. The van der Waals surface area contributed by atoms with E-state index in [-0.39, 0.29) is 12.4 Å². The molecule has 1 atom stereocenters. The van der Waals surface area contributed by atoms with E-state index < -0.39 is 15.2 Å². The molecular weight excluding hydrogens is 222 g/mol. The summed E-state index contributed by atoms with van der Waals surface area (Å²) in [6.45, 7) is 2.92. The number of hydrogen-bond donors (Lipinski definition) is 1. The molecule has 1 saturated heterocycles. The highest BCUT2D eigenvalue weighted by atomic mass is 32.2. The van der Waals surface area contributed by atoms with Gasteiger partial charge in [0, 0.05) is 30.3 Å². The van der Waals surface area contributed by atoms with E-state index in [0.29, 0.717) is 12.3 Å². The molecule has 0 amide bonds. The first-order valence-corrected chi connectivity index (χ1v) is 7.63. The lowest BCUT2D eigenvalue weighted by molar-refractivity contribution is 0.193. The van der Waals surface area contributed by atoms with Crippen LogP contribution in [0.25, 0.3) is 0 Å². The van der Waals surface area contributed by atoms with Crippen LogP contribution in [0.2, 0.25) is 0 Å². The maximum Gasteiger partial charge on any atom is 0.166 e. The zero-order valence-electron chi connectivity index (χ0n) is 8.35. The Bertz CT molecular complexity index is 264. The molecule has 0 aromatic rings. The van der Waals surface area contributed by atoms with Gasteiger partial charge in [-0.1, -0.05) is 6.92 Å². The van der Waals surface area contributed by atoms with Gasteiger partial charge in [-0.25, -0.2) is 8.42 Å². The molecule has 1 fully saturated rings. The maximum absolute atomic E-state index is 11.7. The Labute approximate surface area is 89.6 Å². The smallest absolute Gasteiger partial charge is 0.166 e. The fourth-order valence-corrected chi connectivity index (χ4v) is 4.63. The molecule has 84 valence electrons. The van der Waals surface area contributed by atoms with E-state index in [1.165, 1.54) is 0 Å². The fourth-order valence-electron chi connectivity index (χ4n) is 1.52. The number of sulfone groups is 1. The molecule has 1 aliphatic heterocycles.